The van der Waals surface area contributed by atoms with Gasteiger partial charge in [0, 0.05) is 24.2 Å². The van der Waals surface area contributed by atoms with Gasteiger partial charge in [0.1, 0.15) is 5.69 Å². The van der Waals surface area contributed by atoms with Crippen LogP contribution in [-0.4, -0.2) is 38.3 Å². The minimum atomic E-state index is -4.61. The Morgan fingerprint density at radius 1 is 1.14 bits per heavy atom. The van der Waals surface area contributed by atoms with E-state index in [2.05, 4.69) is 15.0 Å². The van der Waals surface area contributed by atoms with Gasteiger partial charge in [-0.05, 0) is 42.5 Å². The van der Waals surface area contributed by atoms with Crippen molar-refractivity contribution in [2.24, 2.45) is 13.0 Å². The van der Waals surface area contributed by atoms with Crippen molar-refractivity contribution in [3.8, 4) is 11.6 Å². The Hall–Kier alpha value is -3.37. The molecule has 4 aromatic rings. The molecule has 3 heterocycles. The molecule has 1 atom stereocenters. The number of rotatable bonds is 7. The largest absolute Gasteiger partial charge is 0.486 e. The van der Waals surface area contributed by atoms with Crippen molar-refractivity contribution in [1.29, 1.82) is 0 Å². The van der Waals surface area contributed by atoms with Crippen LogP contribution in [0.3, 0.4) is 0 Å². The van der Waals surface area contributed by atoms with Crippen molar-refractivity contribution in [2.45, 2.75) is 24.6 Å². The molecule has 1 aromatic carbocycles. The van der Waals surface area contributed by atoms with E-state index in [-0.39, 0.29) is 16.5 Å². The standard InChI is InChI=1S/C25H22ClF3N4O3/c1-33-13-30-11-20(33)24(34,16-6-8-19(31-10-16)25(27,28)29)15-5-7-18-17(9-15)21(26)22(23(32-18)35-2)36-12-14-3-4-14/h5-11,13-14,34H,3-4,12H2,1-2H3. The van der Waals surface area contributed by atoms with Crippen LogP contribution in [-0.2, 0) is 18.8 Å². The van der Waals surface area contributed by atoms with E-state index in [9.17, 15) is 18.3 Å². The number of fused-ring (bicyclic) bond motifs is 1. The van der Waals surface area contributed by atoms with E-state index in [0.29, 0.717) is 40.4 Å². The SMILES string of the molecule is COc1nc2ccc(C(O)(c3ccc(C(F)(F)F)nc3)c3cncn3C)cc2c(Cl)c1OCC1CC1. The van der Waals surface area contributed by atoms with Crippen LogP contribution in [0, 0.1) is 5.92 Å². The van der Waals surface area contributed by atoms with Crippen LogP contribution >= 0.6 is 11.6 Å². The Labute approximate surface area is 209 Å². The van der Waals surface area contributed by atoms with Crippen LogP contribution in [0.1, 0.15) is 35.4 Å². The number of aliphatic hydroxyl groups is 1. The van der Waals surface area contributed by atoms with Gasteiger partial charge in [-0.25, -0.2) is 9.97 Å². The van der Waals surface area contributed by atoms with Crippen LogP contribution < -0.4 is 9.47 Å². The maximum Gasteiger partial charge on any atom is 0.433 e. The molecule has 188 valence electrons. The first kappa shape index (κ1) is 24.3. The second-order valence-electron chi connectivity index (χ2n) is 8.78. The van der Waals surface area contributed by atoms with Gasteiger partial charge in [0.25, 0.3) is 5.88 Å². The van der Waals surface area contributed by atoms with Crippen molar-refractivity contribution in [3.05, 3.63) is 76.6 Å². The summed E-state index contributed by atoms with van der Waals surface area (Å²) in [6.07, 6.45) is 1.51. The molecule has 0 spiro atoms. The zero-order chi connectivity index (χ0) is 25.7. The lowest BCUT2D eigenvalue weighted by molar-refractivity contribution is -0.141. The molecule has 0 radical (unpaired) electrons. The molecule has 0 amide bonds. The summed E-state index contributed by atoms with van der Waals surface area (Å²) in [7, 11) is 3.15. The van der Waals surface area contributed by atoms with Gasteiger partial charge in [-0.3, -0.25) is 4.98 Å². The lowest BCUT2D eigenvalue weighted by Gasteiger charge is -2.30. The van der Waals surface area contributed by atoms with E-state index in [1.807, 2.05) is 0 Å². The van der Waals surface area contributed by atoms with Crippen LogP contribution in [0.5, 0.6) is 11.6 Å². The van der Waals surface area contributed by atoms with Crippen molar-refractivity contribution in [2.75, 3.05) is 13.7 Å². The van der Waals surface area contributed by atoms with Gasteiger partial charge in [0.15, 0.2) is 5.60 Å². The fraction of sp³-hybridized carbons (Fsp3) is 0.320. The molecule has 0 saturated heterocycles. The number of halogens is 4. The van der Waals surface area contributed by atoms with Gasteiger partial charge < -0.3 is 19.1 Å². The van der Waals surface area contributed by atoms with Gasteiger partial charge in [0.2, 0.25) is 5.75 Å². The first-order valence-electron chi connectivity index (χ1n) is 11.2. The third-order valence-corrected chi connectivity index (χ3v) is 6.65. The van der Waals surface area contributed by atoms with Gasteiger partial charge in [-0.2, -0.15) is 13.2 Å². The number of nitrogens with zero attached hydrogens (tertiary/aromatic N) is 4. The summed E-state index contributed by atoms with van der Waals surface area (Å²) in [5, 5.41) is 12.8. The minimum absolute atomic E-state index is 0.126. The predicted octanol–water partition coefficient (Wildman–Crippen LogP) is 5.12. The zero-order valence-corrected chi connectivity index (χ0v) is 20.1. The van der Waals surface area contributed by atoms with Crippen molar-refractivity contribution < 1.29 is 27.8 Å². The summed E-state index contributed by atoms with van der Waals surface area (Å²) in [5.41, 5.74) is -1.67. The lowest BCUT2D eigenvalue weighted by Crippen LogP contribution is -2.31. The summed E-state index contributed by atoms with van der Waals surface area (Å²) in [6, 6.07) is 6.95. The molecule has 11 heteroatoms. The molecule has 1 aliphatic rings. The predicted molar refractivity (Wildman–Crippen MR) is 126 cm³/mol. The van der Waals surface area contributed by atoms with E-state index in [1.54, 1.807) is 29.8 Å². The highest BCUT2D eigenvalue weighted by Gasteiger charge is 2.39. The molecule has 0 bridgehead atoms. The quantitative estimate of drug-likeness (QED) is 0.366. The molecular weight excluding hydrogens is 497 g/mol. The molecule has 7 nitrogen and oxygen atoms in total. The Kier molecular flexibility index (Phi) is 6.04. The summed E-state index contributed by atoms with van der Waals surface area (Å²) in [5.74, 6) is 1.01. The van der Waals surface area contributed by atoms with E-state index in [0.717, 1.165) is 25.1 Å². The van der Waals surface area contributed by atoms with Crippen molar-refractivity contribution in [1.82, 2.24) is 19.5 Å². The number of ether oxygens (including phenoxy) is 2. The summed E-state index contributed by atoms with van der Waals surface area (Å²) in [6.45, 7) is 0.485. The second-order valence-corrected chi connectivity index (χ2v) is 9.16. The number of alkyl halides is 3. The van der Waals surface area contributed by atoms with Gasteiger partial charge in [0.05, 0.1) is 42.5 Å². The fourth-order valence-electron chi connectivity index (χ4n) is 4.10. The van der Waals surface area contributed by atoms with Gasteiger partial charge >= 0.3 is 6.18 Å². The maximum atomic E-state index is 13.1. The monoisotopic (exact) mass is 518 g/mol. The topological polar surface area (TPSA) is 82.3 Å². The fourth-order valence-corrected chi connectivity index (χ4v) is 4.39. The highest BCUT2D eigenvalue weighted by atomic mass is 35.5. The Balaban J connectivity index is 1.67. The highest BCUT2D eigenvalue weighted by molar-refractivity contribution is 6.37. The number of hydrogen-bond donors (Lipinski definition) is 1. The molecule has 36 heavy (non-hydrogen) atoms. The summed E-state index contributed by atoms with van der Waals surface area (Å²) >= 11 is 6.74. The third kappa shape index (κ3) is 4.24. The van der Waals surface area contributed by atoms with E-state index in [4.69, 9.17) is 21.1 Å². The van der Waals surface area contributed by atoms with Crippen LogP contribution in [0.4, 0.5) is 13.2 Å². The minimum Gasteiger partial charge on any atom is -0.486 e. The number of aryl methyl sites for hydroxylation is 1. The van der Waals surface area contributed by atoms with E-state index < -0.39 is 17.5 Å². The Morgan fingerprint density at radius 3 is 2.47 bits per heavy atom. The number of hydrogen-bond acceptors (Lipinski definition) is 6. The van der Waals surface area contributed by atoms with Crippen molar-refractivity contribution >= 4 is 22.5 Å². The normalized spacial score (nSPS) is 15.6. The smallest absolute Gasteiger partial charge is 0.433 e. The average Bonchev–Trinajstić information content (AvgIpc) is 3.59. The summed E-state index contributed by atoms with van der Waals surface area (Å²) < 4.78 is 52.3. The maximum absolute atomic E-state index is 13.1. The van der Waals surface area contributed by atoms with Crippen molar-refractivity contribution in [3.63, 3.8) is 0 Å². The average molecular weight is 519 g/mol. The highest BCUT2D eigenvalue weighted by Crippen LogP contribution is 2.43. The molecule has 3 aromatic heterocycles. The zero-order valence-electron chi connectivity index (χ0n) is 19.4. The third-order valence-electron chi connectivity index (χ3n) is 6.28. The van der Waals surface area contributed by atoms with Crippen LogP contribution in [0.25, 0.3) is 10.9 Å². The number of imidazole rings is 1. The molecule has 1 aliphatic carbocycles. The van der Waals surface area contributed by atoms with Gasteiger partial charge in [-0.15, -0.1) is 0 Å². The Bertz CT molecular complexity index is 1420. The molecule has 0 aliphatic heterocycles. The van der Waals surface area contributed by atoms with Crippen LogP contribution in [0.2, 0.25) is 5.02 Å². The van der Waals surface area contributed by atoms with E-state index in [1.165, 1.54) is 25.7 Å². The Morgan fingerprint density at radius 2 is 1.89 bits per heavy atom. The van der Waals surface area contributed by atoms with E-state index >= 15 is 0 Å². The molecular formula is C25H22ClF3N4O3. The number of aromatic nitrogens is 4. The molecule has 1 fully saturated rings. The number of benzene rings is 1. The number of pyridine rings is 2. The van der Waals surface area contributed by atoms with Gasteiger partial charge in [-0.1, -0.05) is 23.7 Å². The first-order chi connectivity index (χ1) is 17.1. The summed E-state index contributed by atoms with van der Waals surface area (Å²) in [4.78, 5) is 12.1. The molecule has 1 unspecified atom stereocenters. The first-order valence-corrected chi connectivity index (χ1v) is 11.5. The lowest BCUT2D eigenvalue weighted by atomic mass is 9.83. The second kappa shape index (κ2) is 8.94. The molecule has 1 N–H and O–H groups in total. The van der Waals surface area contributed by atoms with Crippen LogP contribution in [0.15, 0.2) is 49.1 Å². The number of methoxy groups -OCH3 is 1. The molecule has 1 saturated carbocycles. The molecule has 5 rings (SSSR count).